The molecule has 0 radical (unpaired) electrons. The molecule has 3 nitrogen and oxygen atoms in total. The fourth-order valence-corrected chi connectivity index (χ4v) is 3.15. The maximum Gasteiger partial charge on any atom is 0.224 e. The Bertz CT molecular complexity index is 419. The maximum atomic E-state index is 12.0. The van der Waals surface area contributed by atoms with Crippen molar-refractivity contribution in [3.63, 3.8) is 0 Å². The molecule has 0 spiro atoms. The molecule has 2 atom stereocenters. The summed E-state index contributed by atoms with van der Waals surface area (Å²) in [6.45, 7) is 0. The average molecular weight is 278 g/mol. The van der Waals surface area contributed by atoms with Crippen molar-refractivity contribution in [3.05, 3.63) is 29.8 Å². The van der Waals surface area contributed by atoms with Gasteiger partial charge in [-0.05, 0) is 42.7 Å². The standard InChI is InChI=1S/C15H22N2OS/c1-19-10-11-5-7-13(8-6-11)17-15(18)9-12-3-2-4-14(12)16/h5-8,12,14H,2-4,9-10,16H2,1H3,(H,17,18)/t12-,14+/m0/s1. The van der Waals surface area contributed by atoms with Gasteiger partial charge in [-0.3, -0.25) is 4.79 Å². The van der Waals surface area contributed by atoms with Gasteiger partial charge in [0.15, 0.2) is 0 Å². The van der Waals surface area contributed by atoms with Crippen molar-refractivity contribution in [2.45, 2.75) is 37.5 Å². The second-order valence-corrected chi connectivity index (χ2v) is 6.10. The highest BCUT2D eigenvalue weighted by Crippen LogP contribution is 2.27. The van der Waals surface area contributed by atoms with E-state index in [1.54, 1.807) is 11.8 Å². The quantitative estimate of drug-likeness (QED) is 0.870. The van der Waals surface area contributed by atoms with E-state index in [2.05, 4.69) is 23.7 Å². The van der Waals surface area contributed by atoms with Crippen LogP contribution in [0, 0.1) is 5.92 Å². The molecule has 1 aliphatic rings. The Morgan fingerprint density at radius 3 is 2.68 bits per heavy atom. The van der Waals surface area contributed by atoms with Gasteiger partial charge in [-0.1, -0.05) is 18.6 Å². The van der Waals surface area contributed by atoms with E-state index in [1.165, 1.54) is 5.56 Å². The summed E-state index contributed by atoms with van der Waals surface area (Å²) in [4.78, 5) is 12.0. The lowest BCUT2D eigenvalue weighted by molar-refractivity contribution is -0.117. The summed E-state index contributed by atoms with van der Waals surface area (Å²) < 4.78 is 0. The van der Waals surface area contributed by atoms with E-state index in [9.17, 15) is 4.79 Å². The van der Waals surface area contributed by atoms with E-state index >= 15 is 0 Å². The van der Waals surface area contributed by atoms with Crippen LogP contribution >= 0.6 is 11.8 Å². The number of anilines is 1. The zero-order valence-electron chi connectivity index (χ0n) is 11.4. The Hall–Kier alpha value is -1.00. The van der Waals surface area contributed by atoms with Gasteiger partial charge in [0.25, 0.3) is 0 Å². The van der Waals surface area contributed by atoms with Crippen LogP contribution in [0.15, 0.2) is 24.3 Å². The van der Waals surface area contributed by atoms with Crippen molar-refractivity contribution in [2.75, 3.05) is 11.6 Å². The maximum absolute atomic E-state index is 12.0. The van der Waals surface area contributed by atoms with Crippen molar-refractivity contribution in [3.8, 4) is 0 Å². The molecule has 0 unspecified atom stereocenters. The van der Waals surface area contributed by atoms with E-state index in [1.807, 2.05) is 12.1 Å². The first-order valence-electron chi connectivity index (χ1n) is 6.82. The van der Waals surface area contributed by atoms with E-state index in [4.69, 9.17) is 5.73 Å². The van der Waals surface area contributed by atoms with Crippen LogP contribution in [0.25, 0.3) is 0 Å². The largest absolute Gasteiger partial charge is 0.327 e. The number of nitrogens with one attached hydrogen (secondary N) is 1. The average Bonchev–Trinajstić information content (AvgIpc) is 2.78. The zero-order valence-corrected chi connectivity index (χ0v) is 12.2. The first kappa shape index (κ1) is 14.4. The van der Waals surface area contributed by atoms with Crippen molar-refractivity contribution < 1.29 is 4.79 Å². The first-order valence-corrected chi connectivity index (χ1v) is 8.21. The van der Waals surface area contributed by atoms with E-state index in [0.717, 1.165) is 30.7 Å². The fraction of sp³-hybridized carbons (Fsp3) is 0.533. The smallest absolute Gasteiger partial charge is 0.224 e. The predicted octanol–water partition coefficient (Wildman–Crippen LogP) is 3.01. The zero-order chi connectivity index (χ0) is 13.7. The van der Waals surface area contributed by atoms with Gasteiger partial charge >= 0.3 is 0 Å². The van der Waals surface area contributed by atoms with Crippen molar-refractivity contribution in [2.24, 2.45) is 11.7 Å². The monoisotopic (exact) mass is 278 g/mol. The number of hydrogen-bond acceptors (Lipinski definition) is 3. The lowest BCUT2D eigenvalue weighted by Gasteiger charge is -2.14. The number of carbonyl (C=O) groups excluding carboxylic acids is 1. The lowest BCUT2D eigenvalue weighted by atomic mass is 10.00. The minimum atomic E-state index is 0.0833. The predicted molar refractivity (Wildman–Crippen MR) is 82.2 cm³/mol. The van der Waals surface area contributed by atoms with E-state index in [-0.39, 0.29) is 11.9 Å². The normalized spacial score (nSPS) is 22.4. The fourth-order valence-electron chi connectivity index (χ4n) is 2.62. The van der Waals surface area contributed by atoms with Gasteiger partial charge < -0.3 is 11.1 Å². The highest BCUT2D eigenvalue weighted by molar-refractivity contribution is 7.97. The molecule has 0 saturated heterocycles. The second kappa shape index (κ2) is 6.96. The van der Waals surface area contributed by atoms with Crippen LogP contribution in [0.3, 0.4) is 0 Å². The molecule has 0 aliphatic heterocycles. The Morgan fingerprint density at radius 2 is 2.11 bits per heavy atom. The van der Waals surface area contributed by atoms with E-state index < -0.39 is 0 Å². The number of hydrogen-bond donors (Lipinski definition) is 2. The van der Waals surface area contributed by atoms with Gasteiger partial charge in [-0.25, -0.2) is 0 Å². The van der Waals surface area contributed by atoms with Gasteiger partial charge in [-0.15, -0.1) is 0 Å². The Balaban J connectivity index is 1.84. The van der Waals surface area contributed by atoms with Gasteiger partial charge in [0.05, 0.1) is 0 Å². The summed E-state index contributed by atoms with van der Waals surface area (Å²) in [5.41, 5.74) is 8.15. The molecule has 2 rings (SSSR count). The molecule has 0 heterocycles. The molecule has 3 N–H and O–H groups in total. The third-order valence-electron chi connectivity index (χ3n) is 3.71. The van der Waals surface area contributed by atoms with Crippen LogP contribution < -0.4 is 11.1 Å². The molecule has 0 bridgehead atoms. The first-order chi connectivity index (χ1) is 9.19. The molecule has 1 aromatic rings. The molecular formula is C15H22N2OS. The molecule has 19 heavy (non-hydrogen) atoms. The summed E-state index contributed by atoms with van der Waals surface area (Å²) in [6, 6.07) is 8.27. The number of carbonyl (C=O) groups is 1. The van der Waals surface area contributed by atoms with Gasteiger partial charge in [0.2, 0.25) is 5.91 Å². The number of thioether (sulfide) groups is 1. The third-order valence-corrected chi connectivity index (χ3v) is 4.34. The SMILES string of the molecule is CSCc1ccc(NC(=O)C[C@@H]2CCC[C@H]2N)cc1. The van der Waals surface area contributed by atoms with Crippen molar-refractivity contribution >= 4 is 23.4 Å². The van der Waals surface area contributed by atoms with Crippen LogP contribution in [0.5, 0.6) is 0 Å². The number of amides is 1. The van der Waals surface area contributed by atoms with Crippen LogP contribution in [-0.4, -0.2) is 18.2 Å². The Morgan fingerprint density at radius 1 is 1.37 bits per heavy atom. The summed E-state index contributed by atoms with van der Waals surface area (Å²) in [7, 11) is 0. The van der Waals surface area contributed by atoms with Gasteiger partial charge in [0, 0.05) is 23.9 Å². The molecule has 4 heteroatoms. The topological polar surface area (TPSA) is 55.1 Å². The van der Waals surface area contributed by atoms with Gasteiger partial charge in [-0.2, -0.15) is 11.8 Å². The Kier molecular flexibility index (Phi) is 5.28. The molecule has 1 saturated carbocycles. The molecule has 1 aliphatic carbocycles. The minimum Gasteiger partial charge on any atom is -0.327 e. The molecular weight excluding hydrogens is 256 g/mol. The van der Waals surface area contributed by atoms with Crippen LogP contribution in [0.2, 0.25) is 0 Å². The summed E-state index contributed by atoms with van der Waals surface area (Å²) in [5.74, 6) is 1.45. The van der Waals surface area contributed by atoms with E-state index in [0.29, 0.717) is 12.3 Å². The second-order valence-electron chi connectivity index (χ2n) is 5.24. The summed E-state index contributed by atoms with van der Waals surface area (Å²) >= 11 is 1.79. The number of rotatable bonds is 5. The van der Waals surface area contributed by atoms with Crippen LogP contribution in [-0.2, 0) is 10.5 Å². The molecule has 1 aromatic carbocycles. The van der Waals surface area contributed by atoms with Crippen LogP contribution in [0.4, 0.5) is 5.69 Å². The highest BCUT2D eigenvalue weighted by Gasteiger charge is 2.25. The third kappa shape index (κ3) is 4.25. The lowest BCUT2D eigenvalue weighted by Crippen LogP contribution is -2.28. The number of nitrogens with two attached hydrogens (primary N) is 1. The minimum absolute atomic E-state index is 0.0833. The highest BCUT2D eigenvalue weighted by atomic mass is 32.2. The molecule has 0 aromatic heterocycles. The molecule has 1 amide bonds. The Labute approximate surface area is 119 Å². The van der Waals surface area contributed by atoms with Crippen molar-refractivity contribution in [1.29, 1.82) is 0 Å². The summed E-state index contributed by atoms with van der Waals surface area (Å²) in [6.07, 6.45) is 5.93. The van der Waals surface area contributed by atoms with Crippen LogP contribution in [0.1, 0.15) is 31.2 Å². The summed E-state index contributed by atoms with van der Waals surface area (Å²) in [5, 5.41) is 2.96. The van der Waals surface area contributed by atoms with Gasteiger partial charge in [0.1, 0.15) is 0 Å². The molecule has 1 fully saturated rings. The van der Waals surface area contributed by atoms with Crippen molar-refractivity contribution in [1.82, 2.24) is 0 Å². The molecule has 104 valence electrons. The number of benzene rings is 1.